The Labute approximate surface area is 192 Å². The van der Waals surface area contributed by atoms with Crippen molar-refractivity contribution in [2.75, 3.05) is 13.2 Å². The highest BCUT2D eigenvalue weighted by molar-refractivity contribution is 5.73. The Bertz CT molecular complexity index is 554. The molecule has 0 aliphatic heterocycles. The van der Waals surface area contributed by atoms with Gasteiger partial charge in [0.2, 0.25) is 0 Å². The predicted molar refractivity (Wildman–Crippen MR) is 122 cm³/mol. The first-order chi connectivity index (χ1) is 15.6. The van der Waals surface area contributed by atoms with Gasteiger partial charge in [-0.3, -0.25) is 9.59 Å². The Hall–Kier alpha value is -1.66. The highest BCUT2D eigenvalue weighted by atomic mass is 16.6. The summed E-state index contributed by atoms with van der Waals surface area (Å²) in [7, 11) is 0. The number of esters is 2. The van der Waals surface area contributed by atoms with Crippen molar-refractivity contribution >= 4 is 11.9 Å². The van der Waals surface area contributed by atoms with Gasteiger partial charge in [0.05, 0.1) is 37.3 Å². The van der Waals surface area contributed by atoms with Crippen LogP contribution in [0, 0.1) is 11.8 Å². The third-order valence-electron chi connectivity index (χ3n) is 7.10. The van der Waals surface area contributed by atoms with Crippen molar-refractivity contribution in [1.82, 2.24) is 0 Å². The van der Waals surface area contributed by atoms with E-state index < -0.39 is 0 Å². The molecular formula is C26H40O6. The fourth-order valence-corrected chi connectivity index (χ4v) is 5.13. The zero-order valence-corrected chi connectivity index (χ0v) is 19.4. The first kappa shape index (κ1) is 25.0. The van der Waals surface area contributed by atoms with Crippen LogP contribution in [0.2, 0.25) is 0 Å². The summed E-state index contributed by atoms with van der Waals surface area (Å²) in [5, 5.41) is 0. The molecule has 3 saturated carbocycles. The van der Waals surface area contributed by atoms with Crippen molar-refractivity contribution in [3.63, 3.8) is 0 Å². The maximum atomic E-state index is 12.6. The molecule has 3 aliphatic carbocycles. The van der Waals surface area contributed by atoms with Crippen LogP contribution in [0.4, 0.5) is 0 Å². The number of carbonyl (C=O) groups is 2. The van der Waals surface area contributed by atoms with Crippen LogP contribution in [0.5, 0.6) is 0 Å². The number of ether oxygens (including phenoxy) is 4. The molecule has 0 amide bonds. The molecule has 3 aliphatic rings. The zero-order valence-electron chi connectivity index (χ0n) is 19.4. The molecule has 3 rings (SSSR count). The second kappa shape index (κ2) is 13.1. The summed E-state index contributed by atoms with van der Waals surface area (Å²) in [6.07, 6.45) is 13.9. The average molecular weight is 449 g/mol. The third kappa shape index (κ3) is 7.73. The topological polar surface area (TPSA) is 71.1 Å². The number of hydrogen-bond donors (Lipinski definition) is 0. The fraction of sp³-hybridized carbons (Fsp3) is 0.769. The lowest BCUT2D eigenvalue weighted by Crippen LogP contribution is -2.35. The first-order valence-corrected chi connectivity index (χ1v) is 12.4. The Morgan fingerprint density at radius 2 is 0.875 bits per heavy atom. The second-order valence-corrected chi connectivity index (χ2v) is 9.46. The second-order valence-electron chi connectivity index (χ2n) is 9.46. The van der Waals surface area contributed by atoms with E-state index in [0.717, 1.165) is 77.0 Å². The number of hydrogen-bond acceptors (Lipinski definition) is 6. The van der Waals surface area contributed by atoms with Crippen LogP contribution in [0.25, 0.3) is 0 Å². The lowest BCUT2D eigenvalue weighted by atomic mass is 9.87. The molecule has 0 aromatic carbocycles. The van der Waals surface area contributed by atoms with E-state index >= 15 is 0 Å². The number of carbonyl (C=O) groups excluding carboxylic acids is 2. The Morgan fingerprint density at radius 3 is 1.19 bits per heavy atom. The van der Waals surface area contributed by atoms with Gasteiger partial charge in [-0.05, 0) is 77.0 Å². The lowest BCUT2D eigenvalue weighted by Gasteiger charge is -2.32. The lowest BCUT2D eigenvalue weighted by molar-refractivity contribution is -0.165. The standard InChI is InChI=1S/C26H40O6/c1-3-17-29-21-9-5-19(6-10-21)25(27)31-23-13-15-24(16-14-23)32-26(28)20-7-11-22(12-8-20)30-18-4-2/h3-4,19-24H,1-2,5-18H2. The van der Waals surface area contributed by atoms with Crippen LogP contribution in [0.15, 0.2) is 25.3 Å². The average Bonchev–Trinajstić information content (AvgIpc) is 2.83. The minimum atomic E-state index is -0.0666. The van der Waals surface area contributed by atoms with E-state index in [1.54, 1.807) is 12.2 Å². The van der Waals surface area contributed by atoms with Crippen LogP contribution < -0.4 is 0 Å². The van der Waals surface area contributed by atoms with Crippen LogP contribution in [0.3, 0.4) is 0 Å². The maximum Gasteiger partial charge on any atom is 0.309 e. The van der Waals surface area contributed by atoms with Crippen LogP contribution in [-0.2, 0) is 28.5 Å². The van der Waals surface area contributed by atoms with Crippen molar-refractivity contribution in [2.45, 2.75) is 101 Å². The zero-order chi connectivity index (χ0) is 22.8. The monoisotopic (exact) mass is 448 g/mol. The van der Waals surface area contributed by atoms with Gasteiger partial charge in [0.15, 0.2) is 0 Å². The highest BCUT2D eigenvalue weighted by Gasteiger charge is 2.33. The minimum absolute atomic E-state index is 0.0141. The third-order valence-corrected chi connectivity index (χ3v) is 7.10. The molecule has 0 atom stereocenters. The van der Waals surface area contributed by atoms with E-state index in [0.29, 0.717) is 13.2 Å². The molecule has 0 heterocycles. The van der Waals surface area contributed by atoms with Crippen molar-refractivity contribution in [3.05, 3.63) is 25.3 Å². The summed E-state index contributed by atoms with van der Waals surface area (Å²) in [4.78, 5) is 25.1. The van der Waals surface area contributed by atoms with Crippen LogP contribution in [-0.4, -0.2) is 49.6 Å². The highest BCUT2D eigenvalue weighted by Crippen LogP contribution is 2.32. The van der Waals surface area contributed by atoms with Gasteiger partial charge >= 0.3 is 11.9 Å². The number of rotatable bonds is 10. The van der Waals surface area contributed by atoms with Crippen molar-refractivity contribution in [3.8, 4) is 0 Å². The normalized spacial score (nSPS) is 33.1. The fourth-order valence-electron chi connectivity index (χ4n) is 5.13. The summed E-state index contributed by atoms with van der Waals surface area (Å²) in [6, 6.07) is 0. The van der Waals surface area contributed by atoms with Gasteiger partial charge in [-0.2, -0.15) is 0 Å². The molecule has 6 heteroatoms. The molecule has 32 heavy (non-hydrogen) atoms. The van der Waals surface area contributed by atoms with Gasteiger partial charge < -0.3 is 18.9 Å². The molecule has 3 fully saturated rings. The largest absolute Gasteiger partial charge is 0.462 e. The van der Waals surface area contributed by atoms with Gasteiger partial charge in [-0.15, -0.1) is 13.2 Å². The van der Waals surface area contributed by atoms with Gasteiger partial charge in [-0.25, -0.2) is 0 Å². The summed E-state index contributed by atoms with van der Waals surface area (Å²) in [5.74, 6) is -0.162. The molecule has 180 valence electrons. The molecule has 0 radical (unpaired) electrons. The molecular weight excluding hydrogens is 408 g/mol. The van der Waals surface area contributed by atoms with E-state index in [1.807, 2.05) is 0 Å². The molecule has 0 saturated heterocycles. The Balaban J connectivity index is 1.30. The minimum Gasteiger partial charge on any atom is -0.462 e. The van der Waals surface area contributed by atoms with Gasteiger partial charge in [0.1, 0.15) is 12.2 Å². The molecule has 0 aromatic rings. The summed E-state index contributed by atoms with van der Waals surface area (Å²) in [5.41, 5.74) is 0. The van der Waals surface area contributed by atoms with Crippen molar-refractivity contribution in [2.24, 2.45) is 11.8 Å². The molecule has 0 aromatic heterocycles. The Kier molecular flexibility index (Phi) is 10.3. The van der Waals surface area contributed by atoms with Gasteiger partial charge in [0, 0.05) is 0 Å². The van der Waals surface area contributed by atoms with E-state index in [4.69, 9.17) is 18.9 Å². The van der Waals surface area contributed by atoms with Crippen LogP contribution >= 0.6 is 0 Å². The van der Waals surface area contributed by atoms with Gasteiger partial charge in [0.25, 0.3) is 0 Å². The van der Waals surface area contributed by atoms with Crippen molar-refractivity contribution < 1.29 is 28.5 Å². The van der Waals surface area contributed by atoms with E-state index in [-0.39, 0.29) is 48.2 Å². The molecule has 6 nitrogen and oxygen atoms in total. The summed E-state index contributed by atoms with van der Waals surface area (Å²) >= 11 is 0. The van der Waals surface area contributed by atoms with E-state index in [1.165, 1.54) is 0 Å². The molecule has 0 unspecified atom stereocenters. The summed E-state index contributed by atoms with van der Waals surface area (Å²) in [6.45, 7) is 8.49. The van der Waals surface area contributed by atoms with E-state index in [2.05, 4.69) is 13.2 Å². The SMILES string of the molecule is C=CCOC1CCC(C(=O)OC2CCC(OC(=O)C3CCC(OCC=C)CC3)CC2)CC1. The smallest absolute Gasteiger partial charge is 0.309 e. The first-order valence-electron chi connectivity index (χ1n) is 12.4. The molecule has 0 N–H and O–H groups in total. The summed E-state index contributed by atoms with van der Waals surface area (Å²) < 4.78 is 23.0. The molecule has 0 bridgehead atoms. The maximum absolute atomic E-state index is 12.6. The predicted octanol–water partition coefficient (Wildman–Crippen LogP) is 4.91. The quantitative estimate of drug-likeness (QED) is 0.349. The Morgan fingerprint density at radius 1 is 0.562 bits per heavy atom. The van der Waals surface area contributed by atoms with E-state index in [9.17, 15) is 9.59 Å². The van der Waals surface area contributed by atoms with Gasteiger partial charge in [-0.1, -0.05) is 12.2 Å². The van der Waals surface area contributed by atoms with Crippen molar-refractivity contribution in [1.29, 1.82) is 0 Å². The van der Waals surface area contributed by atoms with Crippen LogP contribution in [0.1, 0.15) is 77.0 Å². The molecule has 0 spiro atoms.